The Balaban J connectivity index is 2.01. The van der Waals surface area contributed by atoms with Crippen LogP contribution in [0.5, 0.6) is 0 Å². The maximum atomic E-state index is 10.5. The van der Waals surface area contributed by atoms with Crippen LogP contribution in [0.4, 0.5) is 5.69 Å². The van der Waals surface area contributed by atoms with Crippen LogP contribution >= 0.6 is 0 Å². The van der Waals surface area contributed by atoms with Crippen molar-refractivity contribution < 1.29 is 9.90 Å². The molecule has 1 atom stereocenters. The van der Waals surface area contributed by atoms with E-state index in [1.165, 1.54) is 16.8 Å². The van der Waals surface area contributed by atoms with Crippen LogP contribution < -0.4 is 5.32 Å². The van der Waals surface area contributed by atoms with E-state index in [1.807, 2.05) is 0 Å². The number of hydrogen-bond donors (Lipinski definition) is 2. The summed E-state index contributed by atoms with van der Waals surface area (Å²) in [6, 6.07) is 6.41. The van der Waals surface area contributed by atoms with E-state index in [2.05, 4.69) is 30.4 Å². The predicted octanol–water partition coefficient (Wildman–Crippen LogP) is 2.44. The number of rotatable bonds is 3. The molecule has 0 aromatic heterocycles. The summed E-state index contributed by atoms with van der Waals surface area (Å²) in [5.41, 5.74) is 3.79. The number of aryl methyl sites for hydroxylation is 1. The van der Waals surface area contributed by atoms with Crippen molar-refractivity contribution in [2.45, 2.75) is 26.2 Å². The molecule has 2 rings (SSSR count). The third-order valence-corrected chi connectivity index (χ3v) is 3.12. The first-order chi connectivity index (χ1) is 7.65. The summed E-state index contributed by atoms with van der Waals surface area (Å²) in [4.78, 5) is 10.5. The van der Waals surface area contributed by atoms with Gasteiger partial charge in [-0.25, -0.2) is 0 Å². The highest BCUT2D eigenvalue weighted by atomic mass is 16.4. The van der Waals surface area contributed by atoms with E-state index in [4.69, 9.17) is 5.11 Å². The second kappa shape index (κ2) is 4.56. The molecule has 2 N–H and O–H groups in total. The number of carboxylic acids is 1. The van der Waals surface area contributed by atoms with Gasteiger partial charge in [0.05, 0.1) is 0 Å². The summed E-state index contributed by atoms with van der Waals surface area (Å²) in [6.45, 7) is 2.97. The van der Waals surface area contributed by atoms with Crippen LogP contribution in [0.3, 0.4) is 0 Å². The first kappa shape index (κ1) is 11.0. The lowest BCUT2D eigenvalue weighted by Gasteiger charge is -2.26. The highest BCUT2D eigenvalue weighted by molar-refractivity contribution is 5.66. The van der Waals surface area contributed by atoms with E-state index in [-0.39, 0.29) is 6.42 Å². The molecule has 1 aliphatic heterocycles. The number of benzene rings is 1. The summed E-state index contributed by atoms with van der Waals surface area (Å²) < 4.78 is 0. The van der Waals surface area contributed by atoms with Crippen LogP contribution in [0.25, 0.3) is 0 Å². The minimum atomic E-state index is -0.699. The minimum absolute atomic E-state index is 0.271. The number of hydrogen-bond acceptors (Lipinski definition) is 2. The lowest BCUT2D eigenvalue weighted by atomic mass is 9.90. The van der Waals surface area contributed by atoms with Gasteiger partial charge in [-0.3, -0.25) is 4.79 Å². The van der Waals surface area contributed by atoms with E-state index < -0.39 is 5.97 Å². The minimum Gasteiger partial charge on any atom is -0.481 e. The van der Waals surface area contributed by atoms with E-state index in [1.54, 1.807) is 0 Å². The lowest BCUT2D eigenvalue weighted by molar-refractivity contribution is -0.137. The topological polar surface area (TPSA) is 49.3 Å². The van der Waals surface area contributed by atoms with Gasteiger partial charge in [-0.05, 0) is 42.9 Å². The molecule has 1 aromatic carbocycles. The van der Waals surface area contributed by atoms with Crippen molar-refractivity contribution >= 4 is 11.7 Å². The van der Waals surface area contributed by atoms with Crippen LogP contribution in [0, 0.1) is 12.8 Å². The smallest absolute Gasteiger partial charge is 0.303 e. The van der Waals surface area contributed by atoms with Gasteiger partial charge in [0.1, 0.15) is 0 Å². The van der Waals surface area contributed by atoms with Gasteiger partial charge >= 0.3 is 5.97 Å². The normalized spacial score (nSPS) is 18.7. The Morgan fingerprint density at radius 1 is 1.56 bits per heavy atom. The summed E-state index contributed by atoms with van der Waals surface area (Å²) in [5.74, 6) is -0.249. The summed E-state index contributed by atoms with van der Waals surface area (Å²) in [5, 5.41) is 12.0. The Morgan fingerprint density at radius 3 is 3.12 bits per heavy atom. The van der Waals surface area contributed by atoms with Gasteiger partial charge in [0, 0.05) is 18.7 Å². The molecule has 0 amide bonds. The molecule has 0 fully saturated rings. The van der Waals surface area contributed by atoms with Gasteiger partial charge in [-0.1, -0.05) is 12.1 Å². The third kappa shape index (κ3) is 2.54. The van der Waals surface area contributed by atoms with Crippen molar-refractivity contribution in [2.75, 3.05) is 11.9 Å². The molecule has 3 nitrogen and oxygen atoms in total. The standard InChI is InChI=1S/C13H17NO2/c1-9-2-4-11-7-10(3-5-13(15)16)8-14-12(11)6-9/h2,4,6,10,14H,3,5,7-8H2,1H3,(H,15,16)/t10-/m0/s1. The van der Waals surface area contributed by atoms with Gasteiger partial charge < -0.3 is 10.4 Å². The molecule has 0 bridgehead atoms. The molecule has 0 spiro atoms. The van der Waals surface area contributed by atoms with Crippen molar-refractivity contribution in [1.29, 1.82) is 0 Å². The molecule has 3 heteroatoms. The van der Waals surface area contributed by atoms with Gasteiger partial charge in [-0.2, -0.15) is 0 Å². The molecule has 0 aliphatic carbocycles. The fourth-order valence-electron chi connectivity index (χ4n) is 2.20. The molecule has 86 valence electrons. The fourth-order valence-corrected chi connectivity index (χ4v) is 2.20. The highest BCUT2D eigenvalue weighted by Crippen LogP contribution is 2.27. The lowest BCUT2D eigenvalue weighted by Crippen LogP contribution is -2.23. The van der Waals surface area contributed by atoms with Crippen LogP contribution in [0.2, 0.25) is 0 Å². The zero-order valence-electron chi connectivity index (χ0n) is 9.49. The predicted molar refractivity (Wildman–Crippen MR) is 63.7 cm³/mol. The number of anilines is 1. The molecular weight excluding hydrogens is 202 g/mol. The molecule has 16 heavy (non-hydrogen) atoms. The first-order valence-corrected chi connectivity index (χ1v) is 5.70. The maximum absolute atomic E-state index is 10.5. The Kier molecular flexibility index (Phi) is 3.13. The Morgan fingerprint density at radius 2 is 2.38 bits per heavy atom. The van der Waals surface area contributed by atoms with Crippen LogP contribution in [0.1, 0.15) is 24.0 Å². The van der Waals surface area contributed by atoms with E-state index in [9.17, 15) is 4.79 Å². The third-order valence-electron chi connectivity index (χ3n) is 3.12. The molecule has 0 radical (unpaired) electrons. The Bertz CT molecular complexity index is 401. The van der Waals surface area contributed by atoms with Crippen molar-refractivity contribution in [3.8, 4) is 0 Å². The van der Waals surface area contributed by atoms with E-state index in [0.717, 1.165) is 19.4 Å². The molecule has 1 heterocycles. The average Bonchev–Trinajstić information content (AvgIpc) is 2.26. The first-order valence-electron chi connectivity index (χ1n) is 5.70. The van der Waals surface area contributed by atoms with Crippen molar-refractivity contribution in [2.24, 2.45) is 5.92 Å². The van der Waals surface area contributed by atoms with Gasteiger partial charge in [-0.15, -0.1) is 0 Å². The van der Waals surface area contributed by atoms with Crippen LogP contribution in [0.15, 0.2) is 18.2 Å². The molecule has 1 aliphatic rings. The fraction of sp³-hybridized carbons (Fsp3) is 0.462. The Labute approximate surface area is 95.5 Å². The monoisotopic (exact) mass is 219 g/mol. The van der Waals surface area contributed by atoms with Gasteiger partial charge in [0.15, 0.2) is 0 Å². The second-order valence-corrected chi connectivity index (χ2v) is 4.54. The SMILES string of the molecule is Cc1ccc2c(c1)NC[C@@H](CCC(=O)O)C2. The second-order valence-electron chi connectivity index (χ2n) is 4.54. The highest BCUT2D eigenvalue weighted by Gasteiger charge is 2.18. The number of fused-ring (bicyclic) bond motifs is 1. The molecule has 0 saturated carbocycles. The zero-order valence-corrected chi connectivity index (χ0v) is 9.49. The van der Waals surface area contributed by atoms with Gasteiger partial charge in [0.25, 0.3) is 0 Å². The maximum Gasteiger partial charge on any atom is 0.303 e. The largest absolute Gasteiger partial charge is 0.481 e. The average molecular weight is 219 g/mol. The summed E-state index contributed by atoms with van der Waals surface area (Å²) in [7, 11) is 0. The number of carboxylic acid groups (broad SMARTS) is 1. The summed E-state index contributed by atoms with van der Waals surface area (Å²) in [6.07, 6.45) is 2.03. The van der Waals surface area contributed by atoms with Crippen molar-refractivity contribution in [3.05, 3.63) is 29.3 Å². The molecule has 0 saturated heterocycles. The molecule has 0 unspecified atom stereocenters. The quantitative estimate of drug-likeness (QED) is 0.821. The number of carbonyl (C=O) groups is 1. The molecular formula is C13H17NO2. The van der Waals surface area contributed by atoms with Crippen LogP contribution in [-0.2, 0) is 11.2 Å². The van der Waals surface area contributed by atoms with Crippen molar-refractivity contribution in [3.63, 3.8) is 0 Å². The Hall–Kier alpha value is -1.51. The van der Waals surface area contributed by atoms with E-state index in [0.29, 0.717) is 5.92 Å². The number of aliphatic carboxylic acids is 1. The van der Waals surface area contributed by atoms with Crippen LogP contribution in [-0.4, -0.2) is 17.6 Å². The van der Waals surface area contributed by atoms with Gasteiger partial charge in [0.2, 0.25) is 0 Å². The number of nitrogens with one attached hydrogen (secondary N) is 1. The zero-order chi connectivity index (χ0) is 11.5. The van der Waals surface area contributed by atoms with Crippen molar-refractivity contribution in [1.82, 2.24) is 0 Å². The van der Waals surface area contributed by atoms with E-state index >= 15 is 0 Å². The molecule has 1 aromatic rings. The summed E-state index contributed by atoms with van der Waals surface area (Å²) >= 11 is 0.